The van der Waals surface area contributed by atoms with Crippen LogP contribution in [0.25, 0.3) is 0 Å². The molecule has 2 rings (SSSR count). The van der Waals surface area contributed by atoms with Crippen molar-refractivity contribution in [2.24, 2.45) is 5.92 Å². The van der Waals surface area contributed by atoms with E-state index in [4.69, 9.17) is 5.11 Å². The third kappa shape index (κ3) is 5.40. The van der Waals surface area contributed by atoms with E-state index in [2.05, 4.69) is 5.32 Å². The maximum Gasteiger partial charge on any atom is 0.308 e. The largest absolute Gasteiger partial charge is 0.481 e. The number of carboxylic acids is 1. The van der Waals surface area contributed by atoms with Gasteiger partial charge >= 0.3 is 5.97 Å². The molecule has 27 heavy (non-hydrogen) atoms. The molecule has 2 unspecified atom stereocenters. The summed E-state index contributed by atoms with van der Waals surface area (Å²) in [6.07, 6.45) is 0. The lowest BCUT2D eigenvalue weighted by molar-refractivity contribution is -0.141. The summed E-state index contributed by atoms with van der Waals surface area (Å²) in [5.74, 6) is -2.26. The van der Waals surface area contributed by atoms with Crippen LogP contribution in [0.4, 0.5) is 0 Å². The summed E-state index contributed by atoms with van der Waals surface area (Å²) in [5, 5.41) is 11.6. The van der Waals surface area contributed by atoms with E-state index in [0.29, 0.717) is 11.1 Å². The molecule has 0 aliphatic rings. The summed E-state index contributed by atoms with van der Waals surface area (Å²) in [6.45, 7) is 5.03. The number of carboxylic acid groups (broad SMARTS) is 1. The highest BCUT2D eigenvalue weighted by Gasteiger charge is 2.21. The molecule has 0 aliphatic carbocycles. The van der Waals surface area contributed by atoms with Crippen molar-refractivity contribution >= 4 is 21.7 Å². The molecule has 0 fully saturated rings. The van der Waals surface area contributed by atoms with Crippen LogP contribution in [0.1, 0.15) is 35.3 Å². The average Bonchev–Trinajstić information content (AvgIpc) is 2.61. The number of carbonyl (C=O) groups is 2. The van der Waals surface area contributed by atoms with Crippen molar-refractivity contribution in [3.63, 3.8) is 0 Å². The number of sulfone groups is 1. The average molecular weight is 389 g/mol. The zero-order valence-electron chi connectivity index (χ0n) is 15.5. The number of nitrogens with one attached hydrogen (secondary N) is 1. The predicted molar refractivity (Wildman–Crippen MR) is 102 cm³/mol. The first-order valence-corrected chi connectivity index (χ1v) is 10.2. The van der Waals surface area contributed by atoms with Crippen LogP contribution in [0, 0.1) is 12.8 Å². The minimum absolute atomic E-state index is 0.162. The number of aryl methyl sites for hydroxylation is 1. The Bertz CT molecular complexity index is 918. The van der Waals surface area contributed by atoms with Crippen molar-refractivity contribution in [2.45, 2.75) is 37.5 Å². The van der Waals surface area contributed by atoms with Gasteiger partial charge < -0.3 is 10.4 Å². The highest BCUT2D eigenvalue weighted by atomic mass is 32.2. The van der Waals surface area contributed by atoms with Gasteiger partial charge in [-0.2, -0.15) is 0 Å². The third-order valence-electron chi connectivity index (χ3n) is 4.45. The number of rotatable bonds is 7. The van der Waals surface area contributed by atoms with Crippen LogP contribution < -0.4 is 5.32 Å². The summed E-state index contributed by atoms with van der Waals surface area (Å²) in [6, 6.07) is 12.4. The minimum atomic E-state index is -3.47. The summed E-state index contributed by atoms with van der Waals surface area (Å²) >= 11 is 0. The molecule has 7 heteroatoms. The van der Waals surface area contributed by atoms with Crippen LogP contribution >= 0.6 is 0 Å². The zero-order chi connectivity index (χ0) is 20.2. The summed E-state index contributed by atoms with van der Waals surface area (Å²) in [7, 11) is -3.47. The highest BCUT2D eigenvalue weighted by molar-refractivity contribution is 7.90. The molecule has 144 valence electrons. The van der Waals surface area contributed by atoms with Gasteiger partial charge in [0.05, 0.1) is 16.6 Å². The van der Waals surface area contributed by atoms with Crippen LogP contribution in [0.2, 0.25) is 0 Å². The van der Waals surface area contributed by atoms with Gasteiger partial charge in [0.2, 0.25) is 0 Å². The van der Waals surface area contributed by atoms with Gasteiger partial charge in [-0.3, -0.25) is 9.59 Å². The molecule has 0 heterocycles. The van der Waals surface area contributed by atoms with Crippen molar-refractivity contribution in [1.82, 2.24) is 5.32 Å². The van der Waals surface area contributed by atoms with E-state index in [9.17, 15) is 18.0 Å². The molecule has 0 aromatic heterocycles. The molecule has 6 nitrogen and oxygen atoms in total. The Balaban J connectivity index is 2.07. The van der Waals surface area contributed by atoms with Gasteiger partial charge in [-0.1, -0.05) is 29.8 Å². The normalized spacial score (nSPS) is 13.6. The fourth-order valence-electron chi connectivity index (χ4n) is 2.43. The standard InChI is InChI=1S/C20H23NO5S/c1-13-4-10-18(11-5-13)27(25,26)12-16-6-8-17(9-7-16)19(22)21-15(3)14(2)20(23)24/h4-11,14-15H,12H2,1-3H3,(H,21,22)(H,23,24). The Morgan fingerprint density at radius 1 is 1.00 bits per heavy atom. The number of hydrogen-bond acceptors (Lipinski definition) is 4. The number of benzene rings is 2. The lowest BCUT2D eigenvalue weighted by Crippen LogP contribution is -2.40. The Labute approximate surface area is 159 Å². The zero-order valence-corrected chi connectivity index (χ0v) is 16.3. The minimum Gasteiger partial charge on any atom is -0.481 e. The molecule has 0 aliphatic heterocycles. The van der Waals surface area contributed by atoms with E-state index < -0.39 is 33.7 Å². The first kappa shape index (κ1) is 20.6. The maximum absolute atomic E-state index is 12.5. The second-order valence-corrected chi connectivity index (χ2v) is 8.65. The number of carbonyl (C=O) groups excluding carboxylic acids is 1. The molecular formula is C20H23NO5S. The van der Waals surface area contributed by atoms with E-state index in [-0.39, 0.29) is 10.6 Å². The predicted octanol–water partition coefficient (Wildman–Crippen LogP) is 2.81. The highest BCUT2D eigenvalue weighted by Crippen LogP contribution is 2.17. The Kier molecular flexibility index (Phi) is 6.38. The fourth-order valence-corrected chi connectivity index (χ4v) is 3.78. The topological polar surface area (TPSA) is 101 Å². The second kappa shape index (κ2) is 8.35. The third-order valence-corrected chi connectivity index (χ3v) is 6.15. The summed E-state index contributed by atoms with van der Waals surface area (Å²) < 4.78 is 25.0. The van der Waals surface area contributed by atoms with Crippen LogP contribution in [0.15, 0.2) is 53.4 Å². The molecule has 2 N–H and O–H groups in total. The smallest absolute Gasteiger partial charge is 0.308 e. The first-order chi connectivity index (χ1) is 12.6. The lowest BCUT2D eigenvalue weighted by atomic mass is 10.0. The monoisotopic (exact) mass is 389 g/mol. The molecule has 0 radical (unpaired) electrons. The van der Waals surface area contributed by atoms with Crippen LogP contribution in [-0.4, -0.2) is 31.4 Å². The molecule has 2 aromatic rings. The fraction of sp³-hybridized carbons (Fsp3) is 0.300. The van der Waals surface area contributed by atoms with Crippen LogP contribution in [0.5, 0.6) is 0 Å². The van der Waals surface area contributed by atoms with Crippen molar-refractivity contribution in [1.29, 1.82) is 0 Å². The Hall–Kier alpha value is -2.67. The van der Waals surface area contributed by atoms with E-state index in [1.807, 2.05) is 6.92 Å². The second-order valence-electron chi connectivity index (χ2n) is 6.66. The molecule has 0 spiro atoms. The SMILES string of the molecule is Cc1ccc(S(=O)(=O)Cc2ccc(C(=O)NC(C)C(C)C(=O)O)cc2)cc1. The quantitative estimate of drug-likeness (QED) is 0.758. The van der Waals surface area contributed by atoms with Crippen molar-refractivity contribution in [2.75, 3.05) is 0 Å². The van der Waals surface area contributed by atoms with Crippen molar-refractivity contribution in [3.05, 3.63) is 65.2 Å². The van der Waals surface area contributed by atoms with E-state index >= 15 is 0 Å². The number of aliphatic carboxylic acids is 1. The molecule has 0 bridgehead atoms. The number of hydrogen-bond donors (Lipinski definition) is 2. The lowest BCUT2D eigenvalue weighted by Gasteiger charge is -2.17. The van der Waals surface area contributed by atoms with Crippen molar-refractivity contribution < 1.29 is 23.1 Å². The van der Waals surface area contributed by atoms with Gasteiger partial charge in [-0.05, 0) is 50.6 Å². The van der Waals surface area contributed by atoms with Gasteiger partial charge in [0, 0.05) is 11.6 Å². The van der Waals surface area contributed by atoms with Crippen molar-refractivity contribution in [3.8, 4) is 0 Å². The number of amides is 1. The molecule has 0 saturated heterocycles. The summed E-state index contributed by atoms with van der Waals surface area (Å²) in [5.41, 5.74) is 1.89. The Morgan fingerprint density at radius 2 is 1.56 bits per heavy atom. The van der Waals surface area contributed by atoms with E-state index in [1.54, 1.807) is 43.3 Å². The Morgan fingerprint density at radius 3 is 2.07 bits per heavy atom. The van der Waals surface area contributed by atoms with Gasteiger partial charge in [-0.25, -0.2) is 8.42 Å². The van der Waals surface area contributed by atoms with Gasteiger partial charge in [0.25, 0.3) is 5.91 Å². The van der Waals surface area contributed by atoms with E-state index in [0.717, 1.165) is 5.56 Å². The van der Waals surface area contributed by atoms with Gasteiger partial charge in [0.1, 0.15) is 0 Å². The molecule has 0 saturated carbocycles. The molecule has 2 aromatic carbocycles. The first-order valence-electron chi connectivity index (χ1n) is 8.52. The van der Waals surface area contributed by atoms with E-state index in [1.165, 1.54) is 19.1 Å². The summed E-state index contributed by atoms with van der Waals surface area (Å²) in [4.78, 5) is 23.4. The van der Waals surface area contributed by atoms with Gasteiger partial charge in [0.15, 0.2) is 9.84 Å². The molecule has 2 atom stereocenters. The molecule has 1 amide bonds. The maximum atomic E-state index is 12.5. The van der Waals surface area contributed by atoms with Crippen LogP contribution in [0.3, 0.4) is 0 Å². The van der Waals surface area contributed by atoms with Gasteiger partial charge in [-0.15, -0.1) is 0 Å². The van der Waals surface area contributed by atoms with Crippen LogP contribution in [-0.2, 0) is 20.4 Å². The molecular weight excluding hydrogens is 366 g/mol.